The fourth-order valence-electron chi connectivity index (χ4n) is 1.65. The molecule has 1 aromatic heterocycles. The van der Waals surface area contributed by atoms with E-state index >= 15 is 0 Å². The van der Waals surface area contributed by atoms with E-state index in [1.807, 2.05) is 51.6 Å². The molecule has 0 radical (unpaired) electrons. The molecule has 3 N–H and O–H groups in total. The summed E-state index contributed by atoms with van der Waals surface area (Å²) in [6.07, 6.45) is 1.55. The lowest BCUT2D eigenvalue weighted by Gasteiger charge is -2.21. The zero-order valence-corrected chi connectivity index (χ0v) is 11.8. The standard InChI is InChI=1S/C13H23N3O2/c1-9(15-12(17)18-13(2,3)4)10-6-11(7-14)16(5)8-10/h6,8-9H,7,14H2,1-5H3,(H,15,17). The van der Waals surface area contributed by atoms with Gasteiger partial charge in [0.05, 0.1) is 6.04 Å². The van der Waals surface area contributed by atoms with Crippen LogP contribution >= 0.6 is 0 Å². The number of carbonyl (C=O) groups is 1. The van der Waals surface area contributed by atoms with E-state index in [2.05, 4.69) is 5.32 Å². The summed E-state index contributed by atoms with van der Waals surface area (Å²) < 4.78 is 7.17. The number of amides is 1. The molecule has 1 unspecified atom stereocenters. The van der Waals surface area contributed by atoms with Crippen LogP contribution in [0.2, 0.25) is 0 Å². The summed E-state index contributed by atoms with van der Waals surface area (Å²) in [5, 5.41) is 2.80. The fourth-order valence-corrected chi connectivity index (χ4v) is 1.65. The van der Waals surface area contributed by atoms with E-state index in [0.29, 0.717) is 6.54 Å². The van der Waals surface area contributed by atoms with Gasteiger partial charge in [-0.1, -0.05) is 0 Å². The molecule has 5 nitrogen and oxygen atoms in total. The summed E-state index contributed by atoms with van der Waals surface area (Å²) in [4.78, 5) is 11.6. The van der Waals surface area contributed by atoms with Crippen LogP contribution in [-0.2, 0) is 18.3 Å². The Morgan fingerprint density at radius 2 is 2.17 bits per heavy atom. The minimum Gasteiger partial charge on any atom is -0.444 e. The van der Waals surface area contributed by atoms with Gasteiger partial charge in [0.1, 0.15) is 5.60 Å². The molecule has 0 aliphatic heterocycles. The number of aromatic nitrogens is 1. The molecule has 1 atom stereocenters. The quantitative estimate of drug-likeness (QED) is 0.866. The minimum absolute atomic E-state index is 0.105. The van der Waals surface area contributed by atoms with Crippen LogP contribution in [0.4, 0.5) is 4.79 Å². The van der Waals surface area contributed by atoms with Crippen LogP contribution in [0.3, 0.4) is 0 Å². The topological polar surface area (TPSA) is 69.3 Å². The lowest BCUT2D eigenvalue weighted by molar-refractivity contribution is 0.0508. The number of rotatable bonds is 3. The molecular formula is C13H23N3O2. The average Bonchev–Trinajstić information content (AvgIpc) is 2.56. The number of nitrogens with one attached hydrogen (secondary N) is 1. The van der Waals surface area contributed by atoms with E-state index in [-0.39, 0.29) is 6.04 Å². The Morgan fingerprint density at radius 1 is 1.56 bits per heavy atom. The molecule has 0 aliphatic rings. The van der Waals surface area contributed by atoms with Crippen LogP contribution in [0.5, 0.6) is 0 Å². The van der Waals surface area contributed by atoms with Crippen LogP contribution in [0.15, 0.2) is 12.3 Å². The molecular weight excluding hydrogens is 230 g/mol. The predicted octanol–water partition coefficient (Wildman–Crippen LogP) is 2.07. The Bertz CT molecular complexity index is 418. The molecule has 1 aromatic rings. The Labute approximate surface area is 108 Å². The van der Waals surface area contributed by atoms with Gasteiger partial charge < -0.3 is 20.4 Å². The van der Waals surface area contributed by atoms with Gasteiger partial charge in [0, 0.05) is 25.5 Å². The normalized spacial score (nSPS) is 13.2. The second-order valence-corrected chi connectivity index (χ2v) is 5.45. The van der Waals surface area contributed by atoms with Crippen molar-refractivity contribution in [3.05, 3.63) is 23.5 Å². The van der Waals surface area contributed by atoms with Crippen LogP contribution in [0, 0.1) is 0 Å². The summed E-state index contributed by atoms with van der Waals surface area (Å²) >= 11 is 0. The lowest BCUT2D eigenvalue weighted by atomic mass is 10.1. The highest BCUT2D eigenvalue weighted by molar-refractivity contribution is 5.68. The molecule has 1 amide bonds. The molecule has 5 heteroatoms. The first kappa shape index (κ1) is 14.6. The average molecular weight is 253 g/mol. The van der Waals surface area contributed by atoms with Crippen molar-refractivity contribution in [2.45, 2.75) is 45.9 Å². The molecule has 0 saturated heterocycles. The van der Waals surface area contributed by atoms with Crippen molar-refractivity contribution in [2.24, 2.45) is 12.8 Å². The van der Waals surface area contributed by atoms with Crippen molar-refractivity contribution in [3.8, 4) is 0 Å². The zero-order chi connectivity index (χ0) is 13.9. The van der Waals surface area contributed by atoms with Gasteiger partial charge in [-0.3, -0.25) is 0 Å². The number of aryl methyl sites for hydroxylation is 1. The first-order valence-corrected chi connectivity index (χ1v) is 6.07. The van der Waals surface area contributed by atoms with E-state index in [1.54, 1.807) is 0 Å². The Kier molecular flexibility index (Phi) is 4.40. The highest BCUT2D eigenvalue weighted by Crippen LogP contribution is 2.16. The molecule has 18 heavy (non-hydrogen) atoms. The van der Waals surface area contributed by atoms with Crippen molar-refractivity contribution in [2.75, 3.05) is 0 Å². The van der Waals surface area contributed by atoms with E-state index in [0.717, 1.165) is 11.3 Å². The summed E-state index contributed by atoms with van der Waals surface area (Å²) in [5.74, 6) is 0. The smallest absolute Gasteiger partial charge is 0.408 e. The zero-order valence-electron chi connectivity index (χ0n) is 11.8. The van der Waals surface area contributed by atoms with Gasteiger partial charge in [-0.2, -0.15) is 0 Å². The molecule has 102 valence electrons. The SMILES string of the molecule is CC(NC(=O)OC(C)(C)C)c1cc(CN)n(C)c1. The predicted molar refractivity (Wildman–Crippen MR) is 71.1 cm³/mol. The third-order valence-corrected chi connectivity index (χ3v) is 2.57. The molecule has 0 fully saturated rings. The summed E-state index contributed by atoms with van der Waals surface area (Å²) in [6.45, 7) is 7.92. The number of carbonyl (C=O) groups excluding carboxylic acids is 1. The van der Waals surface area contributed by atoms with Crippen molar-refractivity contribution < 1.29 is 9.53 Å². The van der Waals surface area contributed by atoms with E-state index in [4.69, 9.17) is 10.5 Å². The third-order valence-electron chi connectivity index (χ3n) is 2.57. The maximum absolute atomic E-state index is 11.6. The van der Waals surface area contributed by atoms with E-state index < -0.39 is 11.7 Å². The molecule has 1 heterocycles. The van der Waals surface area contributed by atoms with Crippen molar-refractivity contribution >= 4 is 6.09 Å². The fraction of sp³-hybridized carbons (Fsp3) is 0.615. The van der Waals surface area contributed by atoms with Gasteiger partial charge in [0.25, 0.3) is 0 Å². The van der Waals surface area contributed by atoms with Gasteiger partial charge in [-0.25, -0.2) is 4.79 Å². The van der Waals surface area contributed by atoms with Gasteiger partial charge >= 0.3 is 6.09 Å². The van der Waals surface area contributed by atoms with Gasteiger partial charge in [0.2, 0.25) is 0 Å². The largest absolute Gasteiger partial charge is 0.444 e. The summed E-state index contributed by atoms with van der Waals surface area (Å²) in [7, 11) is 1.94. The molecule has 0 aromatic carbocycles. The second-order valence-electron chi connectivity index (χ2n) is 5.45. The van der Waals surface area contributed by atoms with Crippen LogP contribution in [-0.4, -0.2) is 16.3 Å². The van der Waals surface area contributed by atoms with E-state index in [1.165, 1.54) is 0 Å². The number of hydrogen-bond donors (Lipinski definition) is 2. The molecule has 0 saturated carbocycles. The third kappa shape index (κ3) is 4.07. The molecule has 0 spiro atoms. The van der Waals surface area contributed by atoms with Gasteiger partial charge in [-0.05, 0) is 39.3 Å². The van der Waals surface area contributed by atoms with Gasteiger partial charge in [0.15, 0.2) is 0 Å². The Hall–Kier alpha value is -1.49. The van der Waals surface area contributed by atoms with Crippen molar-refractivity contribution in [3.63, 3.8) is 0 Å². The maximum atomic E-state index is 11.6. The minimum atomic E-state index is -0.483. The number of nitrogens with zero attached hydrogens (tertiary/aromatic N) is 1. The highest BCUT2D eigenvalue weighted by atomic mass is 16.6. The number of ether oxygens (including phenoxy) is 1. The number of nitrogens with two attached hydrogens (primary N) is 1. The van der Waals surface area contributed by atoms with Crippen LogP contribution < -0.4 is 11.1 Å². The maximum Gasteiger partial charge on any atom is 0.408 e. The van der Waals surface area contributed by atoms with Gasteiger partial charge in [-0.15, -0.1) is 0 Å². The highest BCUT2D eigenvalue weighted by Gasteiger charge is 2.19. The molecule has 0 bridgehead atoms. The monoisotopic (exact) mass is 253 g/mol. The lowest BCUT2D eigenvalue weighted by Crippen LogP contribution is -2.33. The van der Waals surface area contributed by atoms with Crippen molar-refractivity contribution in [1.29, 1.82) is 0 Å². The molecule has 1 rings (SSSR count). The summed E-state index contributed by atoms with van der Waals surface area (Å²) in [6, 6.07) is 1.88. The molecule has 0 aliphatic carbocycles. The number of alkyl carbamates (subject to hydrolysis) is 1. The van der Waals surface area contributed by atoms with E-state index in [9.17, 15) is 4.79 Å². The summed E-state index contributed by atoms with van der Waals surface area (Å²) in [5.41, 5.74) is 7.18. The second kappa shape index (κ2) is 5.44. The first-order valence-electron chi connectivity index (χ1n) is 6.07. The van der Waals surface area contributed by atoms with Crippen molar-refractivity contribution in [1.82, 2.24) is 9.88 Å². The van der Waals surface area contributed by atoms with Crippen LogP contribution in [0.1, 0.15) is 45.0 Å². The Morgan fingerprint density at radius 3 is 2.61 bits per heavy atom. The number of hydrogen-bond acceptors (Lipinski definition) is 3. The Balaban J connectivity index is 2.64. The first-order chi connectivity index (χ1) is 8.23. The van der Waals surface area contributed by atoms with Crippen LogP contribution in [0.25, 0.3) is 0 Å².